The van der Waals surface area contributed by atoms with Crippen LogP contribution in [0.5, 0.6) is 11.5 Å². The lowest BCUT2D eigenvalue weighted by molar-refractivity contribution is 0.354. The Balaban J connectivity index is 1.95. The minimum absolute atomic E-state index is 0.709. The Morgan fingerprint density at radius 1 is 1.05 bits per heavy atom. The number of nitrogen functional groups attached to an aromatic ring is 1. The van der Waals surface area contributed by atoms with Crippen molar-refractivity contribution in [2.45, 2.75) is 6.54 Å². The van der Waals surface area contributed by atoms with Gasteiger partial charge in [-0.05, 0) is 35.9 Å². The van der Waals surface area contributed by atoms with Crippen molar-refractivity contribution in [2.75, 3.05) is 20.0 Å². The van der Waals surface area contributed by atoms with E-state index in [4.69, 9.17) is 15.2 Å². The number of hydrogen-bond donors (Lipinski definition) is 1. The largest absolute Gasteiger partial charge is 0.493 e. The molecule has 0 bridgehead atoms. The first-order valence-corrected chi connectivity index (χ1v) is 6.62. The van der Waals surface area contributed by atoms with Gasteiger partial charge in [0, 0.05) is 12.2 Å². The molecule has 0 saturated heterocycles. The third-order valence-electron chi connectivity index (χ3n) is 3.45. The SMILES string of the molecule is COc1ccc(Cn2cnc3cc(N)ccc32)cc1OC. The van der Waals surface area contributed by atoms with E-state index in [-0.39, 0.29) is 0 Å². The molecular formula is C16H17N3O2. The molecule has 0 radical (unpaired) electrons. The maximum absolute atomic E-state index is 5.78. The highest BCUT2D eigenvalue weighted by atomic mass is 16.5. The highest BCUT2D eigenvalue weighted by Gasteiger charge is 2.07. The molecule has 5 heteroatoms. The Morgan fingerprint density at radius 3 is 2.62 bits per heavy atom. The van der Waals surface area contributed by atoms with Crippen molar-refractivity contribution in [2.24, 2.45) is 0 Å². The maximum atomic E-state index is 5.78. The van der Waals surface area contributed by atoms with E-state index in [1.54, 1.807) is 14.2 Å². The van der Waals surface area contributed by atoms with Gasteiger partial charge in [0.05, 0.1) is 31.6 Å². The monoisotopic (exact) mass is 283 g/mol. The molecule has 21 heavy (non-hydrogen) atoms. The Bertz CT molecular complexity index is 780. The maximum Gasteiger partial charge on any atom is 0.161 e. The number of nitrogens with two attached hydrogens (primary N) is 1. The van der Waals surface area contributed by atoms with E-state index in [0.717, 1.165) is 33.8 Å². The van der Waals surface area contributed by atoms with Crippen molar-refractivity contribution in [1.82, 2.24) is 9.55 Å². The van der Waals surface area contributed by atoms with Crippen LogP contribution in [0.25, 0.3) is 11.0 Å². The summed E-state index contributed by atoms with van der Waals surface area (Å²) < 4.78 is 12.7. The van der Waals surface area contributed by atoms with Gasteiger partial charge in [-0.3, -0.25) is 0 Å². The molecule has 3 aromatic rings. The fourth-order valence-corrected chi connectivity index (χ4v) is 2.38. The predicted molar refractivity (Wildman–Crippen MR) is 82.8 cm³/mol. The summed E-state index contributed by atoms with van der Waals surface area (Å²) in [4.78, 5) is 4.38. The molecule has 0 aliphatic rings. The van der Waals surface area contributed by atoms with E-state index >= 15 is 0 Å². The molecule has 0 aliphatic heterocycles. The molecule has 0 aliphatic carbocycles. The number of nitrogens with zero attached hydrogens (tertiary/aromatic N) is 2. The number of aromatic nitrogens is 2. The molecule has 0 atom stereocenters. The summed E-state index contributed by atoms with van der Waals surface area (Å²) in [6.45, 7) is 0.709. The quantitative estimate of drug-likeness (QED) is 0.748. The summed E-state index contributed by atoms with van der Waals surface area (Å²) in [7, 11) is 3.27. The van der Waals surface area contributed by atoms with Gasteiger partial charge in [0.15, 0.2) is 11.5 Å². The van der Waals surface area contributed by atoms with Crippen molar-refractivity contribution in [3.05, 3.63) is 48.3 Å². The molecule has 108 valence electrons. The van der Waals surface area contributed by atoms with Crippen molar-refractivity contribution in [1.29, 1.82) is 0 Å². The van der Waals surface area contributed by atoms with E-state index in [9.17, 15) is 0 Å². The second-order valence-electron chi connectivity index (χ2n) is 4.81. The fourth-order valence-electron chi connectivity index (χ4n) is 2.38. The first kappa shape index (κ1) is 13.3. The molecule has 1 heterocycles. The molecule has 0 unspecified atom stereocenters. The summed E-state index contributed by atoms with van der Waals surface area (Å²) in [5, 5.41) is 0. The second kappa shape index (κ2) is 5.36. The standard InChI is InChI=1S/C16H17N3O2/c1-20-15-6-3-11(7-16(15)21-2)9-19-10-18-13-8-12(17)4-5-14(13)19/h3-8,10H,9,17H2,1-2H3. The zero-order chi connectivity index (χ0) is 14.8. The van der Waals surface area contributed by atoms with Gasteiger partial charge in [0.1, 0.15) is 0 Å². The number of methoxy groups -OCH3 is 2. The van der Waals surface area contributed by atoms with Crippen LogP contribution in [0.1, 0.15) is 5.56 Å². The highest BCUT2D eigenvalue weighted by Crippen LogP contribution is 2.28. The number of imidazole rings is 1. The molecule has 3 rings (SSSR count). The van der Waals surface area contributed by atoms with Crippen LogP contribution in [0.15, 0.2) is 42.7 Å². The first-order chi connectivity index (χ1) is 10.2. The number of rotatable bonds is 4. The summed E-state index contributed by atoms with van der Waals surface area (Å²) >= 11 is 0. The van der Waals surface area contributed by atoms with E-state index in [1.807, 2.05) is 42.7 Å². The Hall–Kier alpha value is -2.69. The van der Waals surface area contributed by atoms with Crippen LogP contribution in [-0.4, -0.2) is 23.8 Å². The number of fused-ring (bicyclic) bond motifs is 1. The van der Waals surface area contributed by atoms with Gasteiger partial charge in [-0.1, -0.05) is 6.07 Å². The topological polar surface area (TPSA) is 62.3 Å². The normalized spacial score (nSPS) is 10.8. The van der Waals surface area contributed by atoms with Gasteiger partial charge in [-0.15, -0.1) is 0 Å². The highest BCUT2D eigenvalue weighted by molar-refractivity contribution is 5.79. The lowest BCUT2D eigenvalue weighted by Gasteiger charge is -2.10. The Labute approximate surface area is 122 Å². The molecule has 2 N–H and O–H groups in total. The van der Waals surface area contributed by atoms with Gasteiger partial charge in [-0.2, -0.15) is 0 Å². The smallest absolute Gasteiger partial charge is 0.161 e. The van der Waals surface area contributed by atoms with Crippen molar-refractivity contribution in [3.8, 4) is 11.5 Å². The number of ether oxygens (including phenoxy) is 2. The molecule has 0 fully saturated rings. The summed E-state index contributed by atoms with van der Waals surface area (Å²) in [6, 6.07) is 11.6. The van der Waals surface area contributed by atoms with Gasteiger partial charge in [-0.25, -0.2) is 4.98 Å². The summed E-state index contributed by atoms with van der Waals surface area (Å²) in [5.74, 6) is 1.45. The van der Waals surface area contributed by atoms with Crippen LogP contribution in [0, 0.1) is 0 Å². The predicted octanol–water partition coefficient (Wildman–Crippen LogP) is 2.68. The minimum Gasteiger partial charge on any atom is -0.493 e. The van der Waals surface area contributed by atoms with Gasteiger partial charge in [0.25, 0.3) is 0 Å². The van der Waals surface area contributed by atoms with Crippen LogP contribution < -0.4 is 15.2 Å². The number of benzene rings is 2. The van der Waals surface area contributed by atoms with Crippen LogP contribution in [-0.2, 0) is 6.54 Å². The van der Waals surface area contributed by atoms with Crippen molar-refractivity contribution >= 4 is 16.7 Å². The average Bonchev–Trinajstić information content (AvgIpc) is 2.89. The Morgan fingerprint density at radius 2 is 1.86 bits per heavy atom. The number of anilines is 1. The molecule has 2 aromatic carbocycles. The minimum atomic E-state index is 0.709. The lowest BCUT2D eigenvalue weighted by Crippen LogP contribution is -1.99. The third kappa shape index (κ3) is 2.50. The second-order valence-corrected chi connectivity index (χ2v) is 4.81. The molecule has 0 spiro atoms. The van der Waals surface area contributed by atoms with Gasteiger partial charge in [0.2, 0.25) is 0 Å². The fraction of sp³-hybridized carbons (Fsp3) is 0.188. The first-order valence-electron chi connectivity index (χ1n) is 6.62. The molecule has 1 aromatic heterocycles. The van der Waals surface area contributed by atoms with Crippen LogP contribution >= 0.6 is 0 Å². The summed E-state index contributed by atoms with van der Waals surface area (Å²) in [5.41, 5.74) is 9.56. The number of hydrogen-bond acceptors (Lipinski definition) is 4. The van der Waals surface area contributed by atoms with E-state index < -0.39 is 0 Å². The Kier molecular flexibility index (Phi) is 3.39. The lowest BCUT2D eigenvalue weighted by atomic mass is 10.2. The van der Waals surface area contributed by atoms with Crippen LogP contribution in [0.3, 0.4) is 0 Å². The zero-order valence-electron chi connectivity index (χ0n) is 12.0. The van der Waals surface area contributed by atoms with Crippen molar-refractivity contribution < 1.29 is 9.47 Å². The van der Waals surface area contributed by atoms with Gasteiger partial charge >= 0.3 is 0 Å². The third-order valence-corrected chi connectivity index (χ3v) is 3.45. The van der Waals surface area contributed by atoms with E-state index in [2.05, 4.69) is 9.55 Å². The molecular weight excluding hydrogens is 266 g/mol. The zero-order valence-corrected chi connectivity index (χ0v) is 12.0. The van der Waals surface area contributed by atoms with Crippen molar-refractivity contribution in [3.63, 3.8) is 0 Å². The average molecular weight is 283 g/mol. The van der Waals surface area contributed by atoms with Gasteiger partial charge < -0.3 is 19.8 Å². The molecule has 0 saturated carbocycles. The van der Waals surface area contributed by atoms with E-state index in [1.165, 1.54) is 0 Å². The molecule has 5 nitrogen and oxygen atoms in total. The van der Waals surface area contributed by atoms with Crippen LogP contribution in [0.4, 0.5) is 5.69 Å². The van der Waals surface area contributed by atoms with E-state index in [0.29, 0.717) is 6.54 Å². The molecule has 0 amide bonds. The summed E-state index contributed by atoms with van der Waals surface area (Å²) in [6.07, 6.45) is 1.82. The van der Waals surface area contributed by atoms with Crippen LogP contribution in [0.2, 0.25) is 0 Å².